The Morgan fingerprint density at radius 2 is 2.08 bits per heavy atom. The largest absolute Gasteiger partial charge is 0.325 e. The van der Waals surface area contributed by atoms with Crippen LogP contribution in [-0.4, -0.2) is 21.6 Å². The van der Waals surface area contributed by atoms with Crippen LogP contribution in [0, 0.1) is 6.92 Å². The summed E-state index contributed by atoms with van der Waals surface area (Å²) >= 11 is 6.68. The second kappa shape index (κ2) is 7.05. The minimum atomic E-state index is -0.0244. The number of aryl methyl sites for hydroxylation is 3. The lowest BCUT2D eigenvalue weighted by Crippen LogP contribution is -2.14. The average Bonchev–Trinajstić information content (AvgIpc) is 3.15. The van der Waals surface area contributed by atoms with Crippen LogP contribution in [0.2, 0.25) is 0 Å². The van der Waals surface area contributed by atoms with Gasteiger partial charge >= 0.3 is 0 Å². The topological polar surface area (TPSA) is 54.9 Å². The molecule has 7 heteroatoms. The summed E-state index contributed by atoms with van der Waals surface area (Å²) in [6.07, 6.45) is 3.45. The maximum absolute atomic E-state index is 12.3. The molecule has 4 rings (SSSR count). The molecular formula is C18H16BrN3OS2. The molecule has 1 aliphatic carbocycles. The van der Waals surface area contributed by atoms with E-state index in [1.165, 1.54) is 34.0 Å². The van der Waals surface area contributed by atoms with Gasteiger partial charge in [0.05, 0.1) is 5.75 Å². The van der Waals surface area contributed by atoms with Crippen LogP contribution >= 0.6 is 39.0 Å². The van der Waals surface area contributed by atoms with Gasteiger partial charge in [-0.15, -0.1) is 11.3 Å². The zero-order valence-electron chi connectivity index (χ0n) is 13.6. The highest BCUT2D eigenvalue weighted by molar-refractivity contribution is 9.10. The fourth-order valence-electron chi connectivity index (χ4n) is 3.03. The van der Waals surface area contributed by atoms with E-state index >= 15 is 0 Å². The number of nitrogens with zero attached hydrogens (tertiary/aromatic N) is 2. The molecule has 1 aliphatic rings. The molecule has 1 aromatic carbocycles. The SMILES string of the molecule is Cc1nc(SCC(=O)Nc2ccc(Br)cc2)c2c3c(sc2n1)CCC3. The number of thiophene rings is 1. The van der Waals surface area contributed by atoms with E-state index in [1.54, 1.807) is 11.3 Å². The Hall–Kier alpha value is -1.44. The lowest BCUT2D eigenvalue weighted by atomic mass is 10.2. The number of aromatic nitrogens is 2. The van der Waals surface area contributed by atoms with Crippen molar-refractivity contribution in [3.63, 3.8) is 0 Å². The third-order valence-electron chi connectivity index (χ3n) is 4.11. The molecule has 128 valence electrons. The number of hydrogen-bond donors (Lipinski definition) is 1. The molecular weight excluding hydrogens is 418 g/mol. The maximum atomic E-state index is 12.3. The summed E-state index contributed by atoms with van der Waals surface area (Å²) in [5.41, 5.74) is 2.20. The second-order valence-corrected chi connectivity index (χ2v) is 8.92. The van der Waals surface area contributed by atoms with Gasteiger partial charge in [0, 0.05) is 20.4 Å². The molecule has 0 bridgehead atoms. The molecule has 0 aliphatic heterocycles. The van der Waals surface area contributed by atoms with Crippen molar-refractivity contribution in [2.45, 2.75) is 31.2 Å². The van der Waals surface area contributed by atoms with Crippen LogP contribution in [0.4, 0.5) is 5.69 Å². The normalized spacial score (nSPS) is 13.2. The van der Waals surface area contributed by atoms with Gasteiger partial charge in [-0.05, 0) is 56.0 Å². The van der Waals surface area contributed by atoms with Gasteiger partial charge in [-0.2, -0.15) is 0 Å². The van der Waals surface area contributed by atoms with Gasteiger partial charge in [0.15, 0.2) is 0 Å². The van der Waals surface area contributed by atoms with E-state index in [0.717, 1.165) is 38.7 Å². The van der Waals surface area contributed by atoms with Crippen molar-refractivity contribution in [2.75, 3.05) is 11.1 Å². The van der Waals surface area contributed by atoms with E-state index in [2.05, 4.69) is 31.2 Å². The summed E-state index contributed by atoms with van der Waals surface area (Å²) in [4.78, 5) is 24.0. The number of hydrogen-bond acceptors (Lipinski definition) is 5. The molecule has 0 saturated heterocycles. The zero-order chi connectivity index (χ0) is 17.4. The van der Waals surface area contributed by atoms with E-state index in [0.29, 0.717) is 5.75 Å². The van der Waals surface area contributed by atoms with Crippen molar-refractivity contribution in [2.24, 2.45) is 0 Å². The van der Waals surface area contributed by atoms with E-state index in [9.17, 15) is 4.79 Å². The molecule has 0 unspecified atom stereocenters. The van der Waals surface area contributed by atoms with Gasteiger partial charge < -0.3 is 5.32 Å². The molecule has 2 aromatic heterocycles. The van der Waals surface area contributed by atoms with Crippen molar-refractivity contribution in [1.82, 2.24) is 9.97 Å². The summed E-state index contributed by atoms with van der Waals surface area (Å²) in [7, 11) is 0. The molecule has 0 atom stereocenters. The highest BCUT2D eigenvalue weighted by Gasteiger charge is 2.22. The quantitative estimate of drug-likeness (QED) is 0.465. The van der Waals surface area contributed by atoms with Crippen molar-refractivity contribution in [1.29, 1.82) is 0 Å². The number of carbonyl (C=O) groups is 1. The number of anilines is 1. The first-order valence-corrected chi connectivity index (χ1v) is 10.7. The van der Waals surface area contributed by atoms with Crippen LogP contribution in [0.25, 0.3) is 10.2 Å². The van der Waals surface area contributed by atoms with E-state index in [1.807, 2.05) is 31.2 Å². The predicted octanol–water partition coefficient (Wildman–Crippen LogP) is 4.98. The lowest BCUT2D eigenvalue weighted by Gasteiger charge is -2.07. The Balaban J connectivity index is 1.52. The minimum Gasteiger partial charge on any atom is -0.325 e. The molecule has 1 N–H and O–H groups in total. The summed E-state index contributed by atoms with van der Waals surface area (Å²) < 4.78 is 0.991. The van der Waals surface area contributed by atoms with Crippen LogP contribution in [0.5, 0.6) is 0 Å². The Bertz CT molecular complexity index is 953. The summed E-state index contributed by atoms with van der Waals surface area (Å²) in [5, 5.41) is 5.04. The summed E-state index contributed by atoms with van der Waals surface area (Å²) in [6, 6.07) is 7.58. The second-order valence-electron chi connectivity index (χ2n) is 5.96. The molecule has 0 spiro atoms. The van der Waals surface area contributed by atoms with Crippen molar-refractivity contribution in [3.8, 4) is 0 Å². The van der Waals surface area contributed by atoms with Crippen LogP contribution in [-0.2, 0) is 17.6 Å². The Kier molecular flexibility index (Phi) is 4.80. The molecule has 1 amide bonds. The monoisotopic (exact) mass is 433 g/mol. The highest BCUT2D eigenvalue weighted by atomic mass is 79.9. The predicted molar refractivity (Wildman–Crippen MR) is 108 cm³/mol. The van der Waals surface area contributed by atoms with Gasteiger partial charge in [-0.25, -0.2) is 9.97 Å². The standard InChI is InChI=1S/C18H16BrN3OS2/c1-10-20-17(16-13-3-2-4-14(13)25-18(16)21-10)24-9-15(23)22-12-7-5-11(19)6-8-12/h5-8H,2-4,9H2,1H3,(H,22,23). The third-order valence-corrected chi connectivity index (χ3v) is 6.80. The molecule has 25 heavy (non-hydrogen) atoms. The molecule has 2 heterocycles. The molecule has 0 saturated carbocycles. The number of fused-ring (bicyclic) bond motifs is 3. The van der Waals surface area contributed by atoms with Crippen molar-refractivity contribution < 1.29 is 4.79 Å². The number of nitrogens with one attached hydrogen (secondary N) is 1. The molecule has 0 fully saturated rings. The first-order valence-electron chi connectivity index (χ1n) is 8.07. The first kappa shape index (κ1) is 17.0. The molecule has 3 aromatic rings. The van der Waals surface area contributed by atoms with Gasteiger partial charge in [0.25, 0.3) is 0 Å². The Morgan fingerprint density at radius 1 is 1.28 bits per heavy atom. The number of halogens is 1. The van der Waals surface area contributed by atoms with Gasteiger partial charge in [-0.3, -0.25) is 4.79 Å². The first-order chi connectivity index (χ1) is 12.1. The fraction of sp³-hybridized carbons (Fsp3) is 0.278. The van der Waals surface area contributed by atoms with E-state index in [-0.39, 0.29) is 5.91 Å². The average molecular weight is 434 g/mol. The molecule has 4 nitrogen and oxygen atoms in total. The number of rotatable bonds is 4. The van der Waals surface area contributed by atoms with Crippen LogP contribution in [0.1, 0.15) is 22.7 Å². The van der Waals surface area contributed by atoms with Crippen LogP contribution in [0.15, 0.2) is 33.8 Å². The number of carbonyl (C=O) groups excluding carboxylic acids is 1. The maximum Gasteiger partial charge on any atom is 0.234 e. The van der Waals surface area contributed by atoms with Crippen molar-refractivity contribution >= 4 is 60.8 Å². The third kappa shape index (κ3) is 3.59. The smallest absolute Gasteiger partial charge is 0.234 e. The van der Waals surface area contributed by atoms with E-state index in [4.69, 9.17) is 0 Å². The fourth-order valence-corrected chi connectivity index (χ4v) is 5.57. The van der Waals surface area contributed by atoms with Gasteiger partial charge in [0.2, 0.25) is 5.91 Å². The number of thioether (sulfide) groups is 1. The Labute approximate surface area is 162 Å². The Morgan fingerprint density at radius 3 is 2.88 bits per heavy atom. The van der Waals surface area contributed by atoms with Gasteiger partial charge in [-0.1, -0.05) is 27.7 Å². The van der Waals surface area contributed by atoms with Gasteiger partial charge in [0.1, 0.15) is 15.7 Å². The molecule has 0 radical (unpaired) electrons. The van der Waals surface area contributed by atoms with E-state index < -0.39 is 0 Å². The van der Waals surface area contributed by atoms with Crippen LogP contribution in [0.3, 0.4) is 0 Å². The number of benzene rings is 1. The summed E-state index contributed by atoms with van der Waals surface area (Å²) in [5.74, 6) is 1.08. The van der Waals surface area contributed by atoms with Crippen LogP contribution < -0.4 is 5.32 Å². The lowest BCUT2D eigenvalue weighted by molar-refractivity contribution is -0.113. The zero-order valence-corrected chi connectivity index (χ0v) is 16.9. The number of amides is 1. The summed E-state index contributed by atoms with van der Waals surface area (Å²) in [6.45, 7) is 1.91. The minimum absolute atomic E-state index is 0.0244. The van der Waals surface area contributed by atoms with Crippen molar-refractivity contribution in [3.05, 3.63) is 45.0 Å². The highest BCUT2D eigenvalue weighted by Crippen LogP contribution is 2.40.